The topological polar surface area (TPSA) is 64.6 Å². The molecule has 5 rings (SSSR count). The predicted molar refractivity (Wildman–Crippen MR) is 87.4 cm³/mol. The van der Waals surface area contributed by atoms with Crippen LogP contribution in [0.15, 0.2) is 60.0 Å². The number of fused-ring (bicyclic) bond motifs is 3. The van der Waals surface area contributed by atoms with Crippen LogP contribution in [0.2, 0.25) is 0 Å². The van der Waals surface area contributed by atoms with Crippen molar-refractivity contribution in [3.05, 3.63) is 55.6 Å². The van der Waals surface area contributed by atoms with E-state index in [0.717, 1.165) is 39.1 Å². The molecule has 0 aliphatic carbocycles. The standard InChI is InChI=1S/C17H13N5O/c1-21-7-6-19-17(21)12-9-23-16-11-3-2-4-13(14(11)20-15(12)16)22-8-5-18-10-22/h2-10,20H,1H3. The summed E-state index contributed by atoms with van der Waals surface area (Å²) in [5.74, 6) is 0.875. The van der Waals surface area contributed by atoms with Crippen LogP contribution in [0, 0.1) is 0 Å². The van der Waals surface area contributed by atoms with Crippen molar-refractivity contribution in [3.8, 4) is 17.1 Å². The number of hydrogen-bond acceptors (Lipinski definition) is 3. The third kappa shape index (κ3) is 1.63. The number of furan rings is 1. The van der Waals surface area contributed by atoms with Crippen molar-refractivity contribution in [2.24, 2.45) is 7.05 Å². The second kappa shape index (κ2) is 4.36. The van der Waals surface area contributed by atoms with E-state index in [2.05, 4.69) is 27.1 Å². The van der Waals surface area contributed by atoms with Crippen LogP contribution in [-0.4, -0.2) is 24.1 Å². The van der Waals surface area contributed by atoms with Gasteiger partial charge in [0.2, 0.25) is 0 Å². The van der Waals surface area contributed by atoms with E-state index in [4.69, 9.17) is 4.42 Å². The van der Waals surface area contributed by atoms with E-state index in [0.29, 0.717) is 0 Å². The van der Waals surface area contributed by atoms with Crippen LogP contribution < -0.4 is 0 Å². The SMILES string of the molecule is Cn1ccnc1-c1coc2c1[nH]c1c(-n3ccnc3)cccc12. The van der Waals surface area contributed by atoms with Gasteiger partial charge in [-0.1, -0.05) is 6.07 Å². The van der Waals surface area contributed by atoms with E-state index < -0.39 is 0 Å². The molecule has 0 amide bonds. The lowest BCUT2D eigenvalue weighted by Gasteiger charge is -2.03. The molecule has 6 heteroatoms. The fraction of sp³-hybridized carbons (Fsp3) is 0.0588. The van der Waals surface area contributed by atoms with Crippen molar-refractivity contribution in [3.63, 3.8) is 0 Å². The molecule has 5 aromatic rings. The lowest BCUT2D eigenvalue weighted by molar-refractivity contribution is 0.619. The number of aryl methyl sites for hydroxylation is 1. The number of H-pyrrole nitrogens is 1. The largest absolute Gasteiger partial charge is 0.461 e. The number of aromatic nitrogens is 5. The van der Waals surface area contributed by atoms with Gasteiger partial charge in [0.1, 0.15) is 12.1 Å². The van der Waals surface area contributed by atoms with Crippen LogP contribution in [-0.2, 0) is 7.05 Å². The number of aromatic amines is 1. The Labute approximate surface area is 131 Å². The summed E-state index contributed by atoms with van der Waals surface area (Å²) in [6.45, 7) is 0. The molecular formula is C17H13N5O. The summed E-state index contributed by atoms with van der Waals surface area (Å²) in [7, 11) is 1.97. The first-order valence-electron chi connectivity index (χ1n) is 7.31. The van der Waals surface area contributed by atoms with Gasteiger partial charge >= 0.3 is 0 Å². The van der Waals surface area contributed by atoms with Crippen molar-refractivity contribution in [2.45, 2.75) is 0 Å². The summed E-state index contributed by atoms with van der Waals surface area (Å²) in [4.78, 5) is 12.1. The highest BCUT2D eigenvalue weighted by molar-refractivity contribution is 6.10. The molecule has 0 aliphatic heterocycles. The predicted octanol–water partition coefficient (Wildman–Crippen LogP) is 3.50. The van der Waals surface area contributed by atoms with E-state index in [9.17, 15) is 0 Å². The van der Waals surface area contributed by atoms with Gasteiger partial charge in [-0.25, -0.2) is 9.97 Å². The van der Waals surface area contributed by atoms with Gasteiger partial charge in [-0.15, -0.1) is 0 Å². The number of imidazole rings is 2. The van der Waals surface area contributed by atoms with E-state index in [-0.39, 0.29) is 0 Å². The fourth-order valence-electron chi connectivity index (χ4n) is 3.07. The Hall–Kier alpha value is -3.28. The number of nitrogens with one attached hydrogen (secondary N) is 1. The molecule has 0 fully saturated rings. The Morgan fingerprint density at radius 1 is 1.13 bits per heavy atom. The van der Waals surface area contributed by atoms with Gasteiger partial charge in [0, 0.05) is 37.2 Å². The highest BCUT2D eigenvalue weighted by atomic mass is 16.3. The van der Waals surface area contributed by atoms with Crippen molar-refractivity contribution in [1.82, 2.24) is 24.1 Å². The van der Waals surface area contributed by atoms with Gasteiger partial charge in [0.15, 0.2) is 5.58 Å². The Bertz CT molecular complexity index is 1130. The molecule has 0 unspecified atom stereocenters. The van der Waals surface area contributed by atoms with Gasteiger partial charge < -0.3 is 18.5 Å². The van der Waals surface area contributed by atoms with Gasteiger partial charge in [0.05, 0.1) is 28.6 Å². The van der Waals surface area contributed by atoms with Crippen molar-refractivity contribution < 1.29 is 4.42 Å². The van der Waals surface area contributed by atoms with E-state index in [1.54, 1.807) is 25.0 Å². The maximum absolute atomic E-state index is 5.84. The summed E-state index contributed by atoms with van der Waals surface area (Å²) in [5.41, 5.74) is 4.83. The Kier molecular flexibility index (Phi) is 2.33. The molecule has 6 nitrogen and oxygen atoms in total. The molecule has 4 aromatic heterocycles. The molecule has 23 heavy (non-hydrogen) atoms. The minimum atomic E-state index is 0.847. The number of para-hydroxylation sites is 1. The highest BCUT2D eigenvalue weighted by Gasteiger charge is 2.18. The Balaban J connectivity index is 1.85. The summed E-state index contributed by atoms with van der Waals surface area (Å²) in [5, 5.41) is 1.05. The number of benzene rings is 1. The molecule has 1 N–H and O–H groups in total. The van der Waals surface area contributed by atoms with Crippen LogP contribution in [0.25, 0.3) is 39.1 Å². The smallest absolute Gasteiger partial charge is 0.160 e. The lowest BCUT2D eigenvalue weighted by atomic mass is 10.2. The van der Waals surface area contributed by atoms with Crippen LogP contribution in [0.1, 0.15) is 0 Å². The van der Waals surface area contributed by atoms with Gasteiger partial charge in [-0.3, -0.25) is 0 Å². The molecule has 0 saturated heterocycles. The third-order valence-corrected chi connectivity index (χ3v) is 4.17. The van der Waals surface area contributed by atoms with Crippen LogP contribution in [0.3, 0.4) is 0 Å². The van der Waals surface area contributed by atoms with E-state index >= 15 is 0 Å². The van der Waals surface area contributed by atoms with Crippen molar-refractivity contribution in [1.29, 1.82) is 0 Å². The molecule has 0 radical (unpaired) electrons. The second-order valence-corrected chi connectivity index (χ2v) is 5.51. The quantitative estimate of drug-likeness (QED) is 0.543. The number of hydrogen-bond donors (Lipinski definition) is 1. The molecule has 0 atom stereocenters. The maximum Gasteiger partial charge on any atom is 0.160 e. The zero-order chi connectivity index (χ0) is 15.4. The minimum absolute atomic E-state index is 0.847. The monoisotopic (exact) mass is 303 g/mol. The van der Waals surface area contributed by atoms with Crippen molar-refractivity contribution in [2.75, 3.05) is 0 Å². The normalized spacial score (nSPS) is 11.7. The zero-order valence-corrected chi connectivity index (χ0v) is 12.4. The Morgan fingerprint density at radius 2 is 2.09 bits per heavy atom. The fourth-order valence-corrected chi connectivity index (χ4v) is 3.07. The summed E-state index contributed by atoms with van der Waals surface area (Å²) in [6.07, 6.45) is 11.0. The highest BCUT2D eigenvalue weighted by Crippen LogP contribution is 2.36. The second-order valence-electron chi connectivity index (χ2n) is 5.51. The van der Waals surface area contributed by atoms with Crippen molar-refractivity contribution >= 4 is 22.0 Å². The van der Waals surface area contributed by atoms with Gasteiger partial charge in [-0.2, -0.15) is 0 Å². The summed E-state index contributed by atoms with van der Waals surface area (Å²) < 4.78 is 9.81. The van der Waals surface area contributed by atoms with Gasteiger partial charge in [-0.05, 0) is 12.1 Å². The molecule has 0 aliphatic rings. The summed E-state index contributed by atoms with van der Waals surface area (Å²) >= 11 is 0. The first-order valence-corrected chi connectivity index (χ1v) is 7.31. The molecule has 4 heterocycles. The number of nitrogens with zero attached hydrogens (tertiary/aromatic N) is 4. The van der Waals surface area contributed by atoms with Crippen LogP contribution in [0.5, 0.6) is 0 Å². The Morgan fingerprint density at radius 3 is 2.87 bits per heavy atom. The molecule has 0 bridgehead atoms. The molecule has 0 saturated carbocycles. The zero-order valence-electron chi connectivity index (χ0n) is 12.4. The molecule has 112 valence electrons. The third-order valence-electron chi connectivity index (χ3n) is 4.17. The first kappa shape index (κ1) is 12.3. The number of rotatable bonds is 2. The van der Waals surface area contributed by atoms with Crippen LogP contribution in [0.4, 0.5) is 0 Å². The van der Waals surface area contributed by atoms with E-state index in [1.807, 2.05) is 34.6 Å². The average Bonchev–Trinajstić information content (AvgIpc) is 3.31. The first-order chi connectivity index (χ1) is 11.3. The van der Waals surface area contributed by atoms with Crippen LogP contribution >= 0.6 is 0 Å². The van der Waals surface area contributed by atoms with Gasteiger partial charge in [0.25, 0.3) is 0 Å². The molecular weight excluding hydrogens is 290 g/mol. The van der Waals surface area contributed by atoms with E-state index in [1.165, 1.54) is 0 Å². The maximum atomic E-state index is 5.84. The molecule has 1 aromatic carbocycles. The minimum Gasteiger partial charge on any atom is -0.461 e. The average molecular weight is 303 g/mol. The molecule has 0 spiro atoms. The lowest BCUT2D eigenvalue weighted by Crippen LogP contribution is -1.91. The summed E-state index contributed by atoms with van der Waals surface area (Å²) in [6, 6.07) is 6.13.